The molecule has 2 N–H and O–H groups in total. The van der Waals surface area contributed by atoms with Gasteiger partial charge in [-0.15, -0.1) is 0 Å². The van der Waals surface area contributed by atoms with E-state index in [1.165, 1.54) is 0 Å². The summed E-state index contributed by atoms with van der Waals surface area (Å²) in [5, 5.41) is 4.67. The number of aromatic nitrogens is 3. The van der Waals surface area contributed by atoms with Crippen LogP contribution in [0.4, 0.5) is 5.82 Å². The van der Waals surface area contributed by atoms with Crippen LogP contribution in [0, 0.1) is 0 Å². The highest BCUT2D eigenvalue weighted by Crippen LogP contribution is 2.32. The zero-order valence-corrected chi connectivity index (χ0v) is 11.0. The molecule has 4 heteroatoms. The third kappa shape index (κ3) is 1.95. The van der Waals surface area contributed by atoms with Crippen molar-refractivity contribution in [2.24, 2.45) is 0 Å². The fourth-order valence-corrected chi connectivity index (χ4v) is 2.27. The first-order valence-electron chi connectivity index (χ1n) is 6.36. The summed E-state index contributed by atoms with van der Waals surface area (Å²) < 4.78 is 1.92. The summed E-state index contributed by atoms with van der Waals surface area (Å²) in [6, 6.07) is 9.90. The van der Waals surface area contributed by atoms with Crippen LogP contribution < -0.4 is 5.73 Å². The smallest absolute Gasteiger partial charge is 0.123 e. The second kappa shape index (κ2) is 4.39. The Morgan fingerprint density at radius 2 is 2.00 bits per heavy atom. The van der Waals surface area contributed by atoms with Crippen LogP contribution >= 0.6 is 0 Å². The normalized spacial score (nSPS) is 11.3. The van der Waals surface area contributed by atoms with E-state index < -0.39 is 0 Å². The Balaban J connectivity index is 2.31. The van der Waals surface area contributed by atoms with E-state index in [-0.39, 0.29) is 0 Å². The van der Waals surface area contributed by atoms with E-state index >= 15 is 0 Å². The quantitative estimate of drug-likeness (QED) is 0.762. The van der Waals surface area contributed by atoms with Crippen molar-refractivity contribution in [2.45, 2.75) is 19.8 Å². The summed E-state index contributed by atoms with van der Waals surface area (Å²) in [6.45, 7) is 4.30. The monoisotopic (exact) mass is 252 g/mol. The van der Waals surface area contributed by atoms with E-state index in [0.29, 0.717) is 11.7 Å². The average molecular weight is 252 g/mol. The van der Waals surface area contributed by atoms with Crippen LogP contribution in [0.1, 0.15) is 25.5 Å². The number of hydrogen-bond acceptors (Lipinski definition) is 3. The number of nitrogens with zero attached hydrogens (tertiary/aromatic N) is 3. The first kappa shape index (κ1) is 11.7. The summed E-state index contributed by atoms with van der Waals surface area (Å²) in [7, 11) is 0. The van der Waals surface area contributed by atoms with Crippen molar-refractivity contribution in [2.75, 3.05) is 5.73 Å². The molecule has 0 radical (unpaired) electrons. The van der Waals surface area contributed by atoms with Crippen molar-refractivity contribution in [3.05, 3.63) is 48.4 Å². The Hall–Kier alpha value is -2.36. The summed E-state index contributed by atoms with van der Waals surface area (Å²) in [4.78, 5) is 4.18. The molecular weight excluding hydrogens is 236 g/mol. The molecule has 96 valence electrons. The fraction of sp³-hybridized carbons (Fsp3) is 0.200. The standard InChI is InChI=1S/C15H16N4/c1-10(2)15-14(11-6-7-13(16)17-9-11)12-5-3-4-8-19(12)18-15/h3-10H,1-2H3,(H2,16,17). The van der Waals surface area contributed by atoms with Crippen molar-refractivity contribution in [1.29, 1.82) is 0 Å². The summed E-state index contributed by atoms with van der Waals surface area (Å²) >= 11 is 0. The van der Waals surface area contributed by atoms with Gasteiger partial charge in [0, 0.05) is 23.5 Å². The second-order valence-electron chi connectivity index (χ2n) is 4.92. The third-order valence-electron chi connectivity index (χ3n) is 3.19. The van der Waals surface area contributed by atoms with E-state index in [0.717, 1.165) is 22.3 Å². The molecule has 0 bridgehead atoms. The molecule has 3 aromatic heterocycles. The third-order valence-corrected chi connectivity index (χ3v) is 3.19. The van der Waals surface area contributed by atoms with Crippen molar-refractivity contribution in [3.63, 3.8) is 0 Å². The predicted molar refractivity (Wildman–Crippen MR) is 76.9 cm³/mol. The second-order valence-corrected chi connectivity index (χ2v) is 4.92. The molecule has 19 heavy (non-hydrogen) atoms. The van der Waals surface area contributed by atoms with Crippen molar-refractivity contribution >= 4 is 11.3 Å². The molecule has 0 unspecified atom stereocenters. The average Bonchev–Trinajstić information content (AvgIpc) is 2.79. The lowest BCUT2D eigenvalue weighted by Gasteiger charge is -2.05. The van der Waals surface area contributed by atoms with E-state index in [4.69, 9.17) is 5.73 Å². The number of pyridine rings is 2. The van der Waals surface area contributed by atoms with Gasteiger partial charge < -0.3 is 5.73 Å². The van der Waals surface area contributed by atoms with Gasteiger partial charge >= 0.3 is 0 Å². The van der Waals surface area contributed by atoms with Gasteiger partial charge in [0.2, 0.25) is 0 Å². The van der Waals surface area contributed by atoms with Gasteiger partial charge in [-0.1, -0.05) is 19.9 Å². The van der Waals surface area contributed by atoms with Crippen LogP contribution in [0.5, 0.6) is 0 Å². The maximum atomic E-state index is 5.66. The molecule has 0 amide bonds. The van der Waals surface area contributed by atoms with Gasteiger partial charge in [-0.2, -0.15) is 5.10 Å². The molecule has 0 spiro atoms. The number of anilines is 1. The van der Waals surface area contributed by atoms with Gasteiger partial charge in [0.15, 0.2) is 0 Å². The minimum absolute atomic E-state index is 0.354. The van der Waals surface area contributed by atoms with Gasteiger partial charge in [0.1, 0.15) is 5.82 Å². The van der Waals surface area contributed by atoms with Gasteiger partial charge in [-0.05, 0) is 30.2 Å². The van der Waals surface area contributed by atoms with Gasteiger partial charge in [0.25, 0.3) is 0 Å². The molecule has 0 fully saturated rings. The van der Waals surface area contributed by atoms with Crippen LogP contribution in [0.25, 0.3) is 16.6 Å². The summed E-state index contributed by atoms with van der Waals surface area (Å²) in [6.07, 6.45) is 3.78. The highest BCUT2D eigenvalue weighted by atomic mass is 15.2. The van der Waals surface area contributed by atoms with Crippen molar-refractivity contribution in [1.82, 2.24) is 14.6 Å². The maximum Gasteiger partial charge on any atom is 0.123 e. The minimum atomic E-state index is 0.354. The van der Waals surface area contributed by atoms with Crippen LogP contribution in [0.2, 0.25) is 0 Å². The first-order chi connectivity index (χ1) is 9.16. The summed E-state index contributed by atoms with van der Waals surface area (Å²) in [5.74, 6) is 0.888. The molecule has 4 nitrogen and oxygen atoms in total. The van der Waals surface area contributed by atoms with Crippen molar-refractivity contribution in [3.8, 4) is 11.1 Å². The minimum Gasteiger partial charge on any atom is -0.384 e. The Bertz CT molecular complexity index is 711. The van der Waals surface area contributed by atoms with Crippen molar-refractivity contribution < 1.29 is 0 Å². The number of fused-ring (bicyclic) bond motifs is 1. The number of nitrogen functional groups attached to an aromatic ring is 1. The molecule has 3 heterocycles. The molecule has 0 aliphatic rings. The summed E-state index contributed by atoms with van der Waals surface area (Å²) in [5.41, 5.74) is 10.0. The lowest BCUT2D eigenvalue weighted by molar-refractivity contribution is 0.789. The predicted octanol–water partition coefficient (Wildman–Crippen LogP) is 3.10. The Morgan fingerprint density at radius 3 is 2.68 bits per heavy atom. The van der Waals surface area contributed by atoms with E-state index in [2.05, 4.69) is 30.0 Å². The van der Waals surface area contributed by atoms with Crippen LogP contribution in [-0.2, 0) is 0 Å². The number of nitrogens with two attached hydrogens (primary N) is 1. The van der Waals surface area contributed by atoms with E-state index in [1.54, 1.807) is 0 Å². The fourth-order valence-electron chi connectivity index (χ4n) is 2.27. The van der Waals surface area contributed by atoms with Crippen LogP contribution in [-0.4, -0.2) is 14.6 Å². The molecule has 3 aromatic rings. The molecule has 0 aliphatic heterocycles. The lowest BCUT2D eigenvalue weighted by atomic mass is 9.99. The molecule has 0 saturated heterocycles. The number of rotatable bonds is 2. The molecular formula is C15H16N4. The SMILES string of the molecule is CC(C)c1nn2ccccc2c1-c1ccc(N)nc1. The van der Waals surface area contributed by atoms with Crippen LogP contribution in [0.3, 0.4) is 0 Å². The Labute approximate surface area is 111 Å². The molecule has 0 saturated carbocycles. The zero-order chi connectivity index (χ0) is 13.4. The molecule has 3 rings (SSSR count). The lowest BCUT2D eigenvalue weighted by Crippen LogP contribution is -1.93. The highest BCUT2D eigenvalue weighted by Gasteiger charge is 2.16. The van der Waals surface area contributed by atoms with Gasteiger partial charge in [-0.25, -0.2) is 9.50 Å². The highest BCUT2D eigenvalue weighted by molar-refractivity contribution is 5.82. The topological polar surface area (TPSA) is 56.2 Å². The van der Waals surface area contributed by atoms with Gasteiger partial charge in [-0.3, -0.25) is 0 Å². The maximum absolute atomic E-state index is 5.66. The number of hydrogen-bond donors (Lipinski definition) is 1. The van der Waals surface area contributed by atoms with E-state index in [9.17, 15) is 0 Å². The Morgan fingerprint density at radius 1 is 1.16 bits per heavy atom. The first-order valence-corrected chi connectivity index (χ1v) is 6.36. The molecule has 0 aromatic carbocycles. The Kier molecular flexibility index (Phi) is 2.71. The van der Waals surface area contributed by atoms with Gasteiger partial charge in [0.05, 0.1) is 11.2 Å². The van der Waals surface area contributed by atoms with E-state index in [1.807, 2.05) is 41.2 Å². The van der Waals surface area contributed by atoms with Crippen LogP contribution in [0.15, 0.2) is 42.7 Å². The zero-order valence-electron chi connectivity index (χ0n) is 11.0. The largest absolute Gasteiger partial charge is 0.384 e. The molecule has 0 aliphatic carbocycles. The molecule has 0 atom stereocenters.